The number of rotatable bonds is 6. The van der Waals surface area contributed by atoms with Crippen molar-refractivity contribution in [2.45, 2.75) is 30.6 Å². The van der Waals surface area contributed by atoms with Gasteiger partial charge in [-0.3, -0.25) is 0 Å². The highest BCUT2D eigenvalue weighted by Crippen LogP contribution is 2.34. The molecule has 5 aromatic rings. The molecule has 0 amide bonds. The number of sulfonamides is 2. The fourth-order valence-corrected chi connectivity index (χ4v) is 7.98. The van der Waals surface area contributed by atoms with E-state index in [0.29, 0.717) is 14.7 Å². The number of benzene rings is 4. The van der Waals surface area contributed by atoms with Crippen LogP contribution in [0.5, 0.6) is 0 Å². The summed E-state index contributed by atoms with van der Waals surface area (Å²) in [5.74, 6) is 0. The molecule has 0 bridgehead atoms. The van der Waals surface area contributed by atoms with Crippen LogP contribution in [-0.4, -0.2) is 16.8 Å². The molecule has 0 spiro atoms. The lowest BCUT2D eigenvalue weighted by atomic mass is 10.0. The molecule has 0 saturated heterocycles. The quantitative estimate of drug-likeness (QED) is 0.238. The van der Waals surface area contributed by atoms with Crippen LogP contribution in [0, 0.1) is 20.8 Å². The van der Waals surface area contributed by atoms with Crippen LogP contribution in [0.2, 0.25) is 0 Å². The molecule has 0 aliphatic carbocycles. The first-order valence-electron chi connectivity index (χ1n) is 12.1. The third-order valence-electron chi connectivity index (χ3n) is 6.44. The van der Waals surface area contributed by atoms with Gasteiger partial charge in [0.1, 0.15) is 5.58 Å². The van der Waals surface area contributed by atoms with E-state index in [0.717, 1.165) is 16.7 Å². The average Bonchev–Trinajstić information content (AvgIpc) is 2.89. The number of aryl methyl sites for hydroxylation is 3. The highest BCUT2D eigenvalue weighted by atomic mass is 32.3. The van der Waals surface area contributed by atoms with Crippen LogP contribution in [0.25, 0.3) is 22.1 Å². The molecule has 0 fully saturated rings. The van der Waals surface area contributed by atoms with E-state index in [9.17, 15) is 21.6 Å². The third-order valence-corrected chi connectivity index (χ3v) is 10.6. The van der Waals surface area contributed by atoms with Gasteiger partial charge in [0.05, 0.1) is 21.0 Å². The number of hydrogen-bond acceptors (Lipinski definition) is 6. The molecule has 4 aromatic carbocycles. The summed E-state index contributed by atoms with van der Waals surface area (Å²) in [4.78, 5) is 12.4. The van der Waals surface area contributed by atoms with E-state index in [4.69, 9.17) is 4.42 Å². The van der Waals surface area contributed by atoms with Crippen LogP contribution in [0.1, 0.15) is 16.7 Å². The van der Waals surface area contributed by atoms with Crippen LogP contribution in [0.4, 0.5) is 5.69 Å². The summed E-state index contributed by atoms with van der Waals surface area (Å²) in [6.07, 6.45) is 0. The van der Waals surface area contributed by atoms with Crippen molar-refractivity contribution < 1.29 is 21.3 Å². The van der Waals surface area contributed by atoms with Crippen LogP contribution in [0.3, 0.4) is 0 Å². The lowest BCUT2D eigenvalue weighted by Crippen LogP contribution is -2.37. The topological polar surface area (TPSA) is 102 Å². The zero-order valence-corrected chi connectivity index (χ0v) is 23.1. The number of nitrogens with zero attached hydrogens (tertiary/aromatic N) is 1. The Morgan fingerprint density at radius 3 is 1.69 bits per heavy atom. The summed E-state index contributed by atoms with van der Waals surface area (Å²) >= 11 is 0. The predicted molar refractivity (Wildman–Crippen MR) is 152 cm³/mol. The Hall–Kier alpha value is -4.21. The smallest absolute Gasteiger partial charge is 0.344 e. The van der Waals surface area contributed by atoms with Gasteiger partial charge in [0.15, 0.2) is 0 Å². The lowest BCUT2D eigenvalue weighted by molar-refractivity contribution is 0.563. The maximum atomic E-state index is 13.9. The molecule has 1 aromatic heterocycles. The molecular formula is C30H25NO6S2. The maximum Gasteiger partial charge on any atom is 0.344 e. The number of hydrogen-bond donors (Lipinski definition) is 0. The molecule has 0 aliphatic heterocycles. The van der Waals surface area contributed by atoms with Crippen LogP contribution >= 0.6 is 0 Å². The zero-order chi connectivity index (χ0) is 27.9. The van der Waals surface area contributed by atoms with Gasteiger partial charge in [0.2, 0.25) is 0 Å². The zero-order valence-electron chi connectivity index (χ0n) is 21.5. The second-order valence-electron chi connectivity index (χ2n) is 9.32. The Bertz CT molecular complexity index is 1900. The Balaban J connectivity index is 1.76. The molecule has 9 heteroatoms. The molecule has 5 rings (SSSR count). The van der Waals surface area contributed by atoms with Gasteiger partial charge < -0.3 is 4.42 Å². The monoisotopic (exact) mass is 559 g/mol. The summed E-state index contributed by atoms with van der Waals surface area (Å²) in [6, 6.07) is 24.9. The largest absolute Gasteiger partial charge is 0.422 e. The summed E-state index contributed by atoms with van der Waals surface area (Å²) in [5, 5.41) is 0.369. The number of fused-ring (bicyclic) bond motifs is 1. The van der Waals surface area contributed by atoms with E-state index >= 15 is 0 Å². The Morgan fingerprint density at radius 1 is 0.615 bits per heavy atom. The van der Waals surface area contributed by atoms with Gasteiger partial charge in [-0.25, -0.2) is 21.6 Å². The second kappa shape index (κ2) is 9.83. The van der Waals surface area contributed by atoms with Crippen molar-refractivity contribution in [3.8, 4) is 11.1 Å². The first kappa shape index (κ1) is 26.4. The second-order valence-corrected chi connectivity index (χ2v) is 13.1. The van der Waals surface area contributed by atoms with Gasteiger partial charge in [-0.05, 0) is 80.4 Å². The minimum absolute atomic E-state index is 0.117. The Morgan fingerprint density at radius 2 is 1.15 bits per heavy atom. The van der Waals surface area contributed by atoms with Crippen molar-refractivity contribution in [1.82, 2.24) is 0 Å². The van der Waals surface area contributed by atoms with E-state index in [1.807, 2.05) is 19.1 Å². The Kier molecular flexibility index (Phi) is 6.65. The molecule has 0 radical (unpaired) electrons. The fraction of sp³-hybridized carbons (Fsp3) is 0.100. The molecule has 0 aliphatic rings. The highest BCUT2D eigenvalue weighted by Gasteiger charge is 2.37. The minimum atomic E-state index is -4.58. The van der Waals surface area contributed by atoms with E-state index in [-0.39, 0.29) is 26.6 Å². The third kappa shape index (κ3) is 4.86. The van der Waals surface area contributed by atoms with Gasteiger partial charge in [-0.15, -0.1) is 0 Å². The highest BCUT2D eigenvalue weighted by molar-refractivity contribution is 8.10. The number of anilines is 1. The lowest BCUT2D eigenvalue weighted by Gasteiger charge is -2.24. The van der Waals surface area contributed by atoms with Crippen molar-refractivity contribution in [2.24, 2.45) is 0 Å². The van der Waals surface area contributed by atoms with Gasteiger partial charge in [-0.1, -0.05) is 59.7 Å². The van der Waals surface area contributed by atoms with Crippen molar-refractivity contribution in [3.05, 3.63) is 124 Å². The molecule has 7 nitrogen and oxygen atoms in total. The average molecular weight is 560 g/mol. The molecule has 0 atom stereocenters. The molecule has 0 unspecified atom stereocenters. The van der Waals surface area contributed by atoms with Crippen LogP contribution in [-0.2, 0) is 20.0 Å². The van der Waals surface area contributed by atoms with Crippen LogP contribution in [0.15, 0.2) is 116 Å². The standard InChI is InChI=1S/C30H25NO6S2/c1-20-8-13-25(14-9-20)38(33,34)31(39(35,36)26-15-10-21(2)11-16-26)24-12-17-29-23(18-24)19-28(30(32)37-29)27-7-5-4-6-22(27)3/h4-19H,1-3H3. The van der Waals surface area contributed by atoms with Crippen LogP contribution < -0.4 is 9.34 Å². The van der Waals surface area contributed by atoms with Crippen molar-refractivity contribution >= 4 is 36.7 Å². The summed E-state index contributed by atoms with van der Waals surface area (Å²) in [7, 11) is -9.16. The van der Waals surface area contributed by atoms with E-state index < -0.39 is 25.7 Å². The minimum Gasteiger partial charge on any atom is -0.422 e. The van der Waals surface area contributed by atoms with E-state index in [1.165, 1.54) is 42.5 Å². The molecule has 39 heavy (non-hydrogen) atoms. The van der Waals surface area contributed by atoms with E-state index in [2.05, 4.69) is 0 Å². The van der Waals surface area contributed by atoms with Crippen molar-refractivity contribution in [1.29, 1.82) is 0 Å². The predicted octanol–water partition coefficient (Wildman–Crippen LogP) is 5.97. The van der Waals surface area contributed by atoms with E-state index in [1.54, 1.807) is 56.3 Å². The summed E-state index contributed by atoms with van der Waals surface area (Å²) in [6.45, 7) is 5.47. The first-order valence-corrected chi connectivity index (χ1v) is 14.9. The maximum absolute atomic E-state index is 13.9. The van der Waals surface area contributed by atoms with Gasteiger partial charge in [0, 0.05) is 5.39 Å². The first-order chi connectivity index (χ1) is 18.5. The SMILES string of the molecule is Cc1ccc(S(=O)(=O)N(c2ccc3oc(=O)c(-c4ccccc4C)cc3c2)S(=O)(=O)c2ccc(C)cc2)cc1. The molecule has 1 heterocycles. The normalized spacial score (nSPS) is 12.0. The summed E-state index contributed by atoms with van der Waals surface area (Å²) < 4.78 is 61.7. The molecular weight excluding hydrogens is 534 g/mol. The van der Waals surface area contributed by atoms with Crippen molar-refractivity contribution in [2.75, 3.05) is 3.71 Å². The van der Waals surface area contributed by atoms with Crippen molar-refractivity contribution in [3.63, 3.8) is 0 Å². The molecule has 0 saturated carbocycles. The van der Waals surface area contributed by atoms with Gasteiger partial charge in [0.25, 0.3) is 20.0 Å². The molecule has 0 N–H and O–H groups in total. The fourth-order valence-electron chi connectivity index (χ4n) is 4.31. The van der Waals surface area contributed by atoms with Gasteiger partial charge in [-0.2, -0.15) is 3.71 Å². The summed E-state index contributed by atoms with van der Waals surface area (Å²) in [5.41, 5.74) is 2.97. The van der Waals surface area contributed by atoms with Gasteiger partial charge >= 0.3 is 5.63 Å². The Labute approximate surface area is 227 Å². The molecule has 198 valence electrons.